The van der Waals surface area contributed by atoms with Crippen molar-refractivity contribution in [2.45, 2.75) is 64.1 Å². The highest BCUT2D eigenvalue weighted by molar-refractivity contribution is 6.31. The molecule has 2 aliphatic rings. The zero-order valence-corrected chi connectivity index (χ0v) is 24.5. The molecule has 2 aromatic rings. The molecule has 10 nitrogen and oxygen atoms in total. The van der Waals surface area contributed by atoms with Crippen molar-refractivity contribution in [2.24, 2.45) is 11.7 Å². The molecule has 11 heteroatoms. The summed E-state index contributed by atoms with van der Waals surface area (Å²) in [6.45, 7) is 3.24. The average Bonchev–Trinajstić information content (AvgIpc) is 3.00. The largest absolute Gasteiger partial charge is 0.343 e. The lowest BCUT2D eigenvalue weighted by Crippen LogP contribution is -2.56. The first-order valence-corrected chi connectivity index (χ1v) is 14.7. The first-order valence-electron chi connectivity index (χ1n) is 14.3. The smallest absolute Gasteiger partial charge is 0.246 e. The number of halogens is 1. The van der Waals surface area contributed by atoms with Crippen molar-refractivity contribution < 1.29 is 19.2 Å². The Balaban J connectivity index is 1.44. The Morgan fingerprint density at radius 1 is 1.07 bits per heavy atom. The Kier molecular flexibility index (Phi) is 10.6. The Labute approximate surface area is 251 Å². The fourth-order valence-electron chi connectivity index (χ4n) is 5.45. The molecular weight excluding hydrogens is 556 g/mol. The molecule has 1 saturated heterocycles. The molecule has 0 aliphatic carbocycles. The molecule has 0 aromatic heterocycles. The van der Waals surface area contributed by atoms with Crippen LogP contribution in [0.25, 0.3) is 0 Å². The van der Waals surface area contributed by atoms with E-state index in [2.05, 4.69) is 16.7 Å². The number of nitriles is 1. The monoisotopic (exact) mass is 592 g/mol. The molecule has 0 bridgehead atoms. The molecular formula is C31H37ClN6O4. The highest BCUT2D eigenvalue weighted by Crippen LogP contribution is 2.26. The van der Waals surface area contributed by atoms with Gasteiger partial charge in [0.25, 0.3) is 0 Å². The third-order valence-corrected chi connectivity index (χ3v) is 8.39. The van der Waals surface area contributed by atoms with Crippen molar-refractivity contribution in [3.63, 3.8) is 0 Å². The maximum Gasteiger partial charge on any atom is 0.246 e. The van der Waals surface area contributed by atoms with Gasteiger partial charge in [-0.15, -0.1) is 0 Å². The van der Waals surface area contributed by atoms with Crippen LogP contribution >= 0.6 is 11.6 Å². The van der Waals surface area contributed by atoms with Crippen LogP contribution in [0.1, 0.15) is 48.8 Å². The number of amides is 4. The average molecular weight is 593 g/mol. The molecule has 0 saturated carbocycles. The first-order chi connectivity index (χ1) is 20.2. The minimum Gasteiger partial charge on any atom is -0.343 e. The highest BCUT2D eigenvalue weighted by atomic mass is 35.5. The van der Waals surface area contributed by atoms with E-state index in [4.69, 9.17) is 22.6 Å². The van der Waals surface area contributed by atoms with Gasteiger partial charge in [0.2, 0.25) is 23.6 Å². The van der Waals surface area contributed by atoms with E-state index in [1.54, 1.807) is 23.1 Å². The second-order valence-corrected chi connectivity index (χ2v) is 11.3. The van der Waals surface area contributed by atoms with Gasteiger partial charge in [-0.05, 0) is 67.6 Å². The standard InChI is InChI=1S/C31H37ClN6O4/c1-20-16-24(6-7-25(20)32)35-30(41)26(10-13-33)36-31(42)27-17-22-4-2-3-5-23(22)19-38(27)29(40)9-8-28(39)37-14-11-21(18-34)12-15-37/h2-7,16,21,26-27H,8-15,17,19,33H2,1H3,(H,35,41)(H,36,42)/t26-,27-/m0/s1. The van der Waals surface area contributed by atoms with Gasteiger partial charge in [0, 0.05) is 55.5 Å². The van der Waals surface area contributed by atoms with Crippen LogP contribution in [0.15, 0.2) is 42.5 Å². The van der Waals surface area contributed by atoms with Crippen LogP contribution in [0.4, 0.5) is 5.69 Å². The van der Waals surface area contributed by atoms with E-state index >= 15 is 0 Å². The van der Waals surface area contributed by atoms with E-state index in [0.717, 1.165) is 16.7 Å². The van der Waals surface area contributed by atoms with Gasteiger partial charge in [0.05, 0.1) is 6.07 Å². The maximum atomic E-state index is 13.7. The van der Waals surface area contributed by atoms with Crippen LogP contribution in [-0.2, 0) is 32.1 Å². The number of hydrogen-bond acceptors (Lipinski definition) is 6. The summed E-state index contributed by atoms with van der Waals surface area (Å²) >= 11 is 6.10. The van der Waals surface area contributed by atoms with Crippen molar-refractivity contribution in [3.8, 4) is 6.07 Å². The van der Waals surface area contributed by atoms with Gasteiger partial charge < -0.3 is 26.2 Å². The van der Waals surface area contributed by atoms with Crippen LogP contribution in [-0.4, -0.2) is 65.1 Å². The van der Waals surface area contributed by atoms with Crippen LogP contribution < -0.4 is 16.4 Å². The third-order valence-electron chi connectivity index (χ3n) is 7.97. The van der Waals surface area contributed by atoms with Crippen LogP contribution in [0, 0.1) is 24.2 Å². The summed E-state index contributed by atoms with van der Waals surface area (Å²) < 4.78 is 0. The van der Waals surface area contributed by atoms with Gasteiger partial charge in [-0.2, -0.15) is 5.26 Å². The summed E-state index contributed by atoms with van der Waals surface area (Å²) in [4.78, 5) is 56.3. The zero-order valence-electron chi connectivity index (χ0n) is 23.8. The number of likely N-dealkylation sites (tertiary alicyclic amines) is 1. The Morgan fingerprint density at radius 2 is 1.76 bits per heavy atom. The van der Waals surface area contributed by atoms with E-state index in [9.17, 15) is 19.2 Å². The summed E-state index contributed by atoms with van der Waals surface area (Å²) in [5.41, 5.74) is 9.01. The van der Waals surface area contributed by atoms with Crippen molar-refractivity contribution in [2.75, 3.05) is 25.0 Å². The minimum atomic E-state index is -0.912. The van der Waals surface area contributed by atoms with Crippen molar-refractivity contribution in [3.05, 3.63) is 64.2 Å². The number of rotatable bonds is 9. The molecule has 1 fully saturated rings. The lowest BCUT2D eigenvalue weighted by molar-refractivity contribution is -0.144. The lowest BCUT2D eigenvalue weighted by atomic mass is 9.92. The molecule has 4 rings (SSSR count). The number of fused-ring (bicyclic) bond motifs is 1. The molecule has 2 atom stereocenters. The van der Waals surface area contributed by atoms with E-state index < -0.39 is 23.9 Å². The number of carbonyl (C=O) groups excluding carboxylic acids is 4. The zero-order chi connectivity index (χ0) is 30.2. The minimum absolute atomic E-state index is 0.0290. The predicted octanol–water partition coefficient (Wildman–Crippen LogP) is 2.92. The number of aryl methyl sites for hydroxylation is 1. The number of anilines is 1. The molecule has 4 amide bonds. The van der Waals surface area contributed by atoms with E-state index in [1.807, 2.05) is 31.2 Å². The lowest BCUT2D eigenvalue weighted by Gasteiger charge is -2.37. The predicted molar refractivity (Wildman–Crippen MR) is 159 cm³/mol. The fourth-order valence-corrected chi connectivity index (χ4v) is 5.57. The van der Waals surface area contributed by atoms with Crippen molar-refractivity contribution in [1.82, 2.24) is 15.1 Å². The Hall–Kier alpha value is -3.94. The van der Waals surface area contributed by atoms with Crippen molar-refractivity contribution in [1.29, 1.82) is 5.26 Å². The van der Waals surface area contributed by atoms with Crippen LogP contribution in [0.2, 0.25) is 5.02 Å². The number of piperidine rings is 1. The summed E-state index contributed by atoms with van der Waals surface area (Å²) in [5, 5.41) is 15.3. The topological polar surface area (TPSA) is 149 Å². The number of nitrogens with zero attached hydrogens (tertiary/aromatic N) is 3. The van der Waals surface area contributed by atoms with Gasteiger partial charge in [-0.3, -0.25) is 19.2 Å². The molecule has 2 aliphatic heterocycles. The first kappa shape index (κ1) is 31.0. The molecule has 0 radical (unpaired) electrons. The molecule has 222 valence electrons. The second kappa shape index (κ2) is 14.3. The van der Waals surface area contributed by atoms with Crippen LogP contribution in [0.3, 0.4) is 0 Å². The number of benzene rings is 2. The summed E-state index contributed by atoms with van der Waals surface area (Å²) in [6, 6.07) is 13.2. The fraction of sp³-hybridized carbons (Fsp3) is 0.452. The third kappa shape index (κ3) is 7.66. The molecule has 4 N–H and O–H groups in total. The number of carbonyl (C=O) groups is 4. The normalized spacial score (nSPS) is 17.5. The van der Waals surface area contributed by atoms with Gasteiger partial charge in [0.15, 0.2) is 0 Å². The van der Waals surface area contributed by atoms with E-state index in [-0.39, 0.29) is 56.5 Å². The quantitative estimate of drug-likeness (QED) is 0.408. The molecule has 0 spiro atoms. The van der Waals surface area contributed by atoms with Gasteiger partial charge >= 0.3 is 0 Å². The van der Waals surface area contributed by atoms with Gasteiger partial charge in [0.1, 0.15) is 12.1 Å². The molecule has 42 heavy (non-hydrogen) atoms. The van der Waals surface area contributed by atoms with Gasteiger partial charge in [-0.25, -0.2) is 0 Å². The summed E-state index contributed by atoms with van der Waals surface area (Å²) in [5.74, 6) is -1.35. The molecule has 2 aromatic carbocycles. The van der Waals surface area contributed by atoms with Crippen LogP contribution in [0.5, 0.6) is 0 Å². The van der Waals surface area contributed by atoms with E-state index in [1.165, 1.54) is 4.90 Å². The second-order valence-electron chi connectivity index (χ2n) is 10.9. The van der Waals surface area contributed by atoms with E-state index in [0.29, 0.717) is 36.6 Å². The highest BCUT2D eigenvalue weighted by Gasteiger charge is 2.36. The Bertz CT molecular complexity index is 1370. The summed E-state index contributed by atoms with van der Waals surface area (Å²) in [7, 11) is 0. The van der Waals surface area contributed by atoms with Gasteiger partial charge in [-0.1, -0.05) is 35.9 Å². The number of nitrogens with one attached hydrogen (secondary N) is 2. The summed E-state index contributed by atoms with van der Waals surface area (Å²) in [6.07, 6.45) is 1.76. The number of hydrogen-bond donors (Lipinski definition) is 3. The molecule has 0 unspecified atom stereocenters. The number of nitrogens with two attached hydrogens (primary N) is 1. The SMILES string of the molecule is Cc1cc(NC(=O)[C@H](CCN)NC(=O)[C@@H]2Cc3ccccc3CN2C(=O)CCC(=O)N2CCC(C#N)CC2)ccc1Cl. The maximum absolute atomic E-state index is 13.7. The van der Waals surface area contributed by atoms with Crippen molar-refractivity contribution >= 4 is 40.9 Å². The molecule has 2 heterocycles. The Morgan fingerprint density at radius 3 is 2.43 bits per heavy atom.